The van der Waals surface area contributed by atoms with Crippen LogP contribution in [0.4, 0.5) is 4.39 Å². The molecule has 2 saturated carbocycles. The maximum Gasteiger partial charge on any atom is 0.127 e. The van der Waals surface area contributed by atoms with Crippen molar-refractivity contribution < 1.29 is 9.13 Å². The van der Waals surface area contributed by atoms with Crippen molar-refractivity contribution in [3.05, 3.63) is 29.3 Å². The molecule has 1 unspecified atom stereocenters. The Bertz CT molecular complexity index is 598. The zero-order valence-corrected chi connectivity index (χ0v) is 15.1. The first kappa shape index (κ1) is 16.4. The molecule has 0 aromatic heterocycles. The molecular weight excluding hydrogens is 299 g/mol. The van der Waals surface area contributed by atoms with E-state index in [9.17, 15) is 4.39 Å². The fourth-order valence-electron chi connectivity index (χ4n) is 6.68. The highest BCUT2D eigenvalue weighted by Gasteiger charge is 2.54. The highest BCUT2D eigenvalue weighted by atomic mass is 19.1. The van der Waals surface area contributed by atoms with E-state index in [1.54, 1.807) is 7.11 Å². The average Bonchev–Trinajstić information content (AvgIpc) is 2.66. The topological polar surface area (TPSA) is 9.23 Å². The van der Waals surface area contributed by atoms with Gasteiger partial charge in [-0.05, 0) is 97.3 Å². The van der Waals surface area contributed by atoms with Gasteiger partial charge < -0.3 is 4.74 Å². The molecule has 0 spiro atoms. The van der Waals surface area contributed by atoms with E-state index in [0.717, 1.165) is 36.8 Å². The maximum absolute atomic E-state index is 13.8. The molecule has 24 heavy (non-hydrogen) atoms. The van der Waals surface area contributed by atoms with Crippen LogP contribution in [0.15, 0.2) is 12.1 Å². The van der Waals surface area contributed by atoms with Crippen molar-refractivity contribution in [2.75, 3.05) is 13.8 Å². The van der Waals surface area contributed by atoms with Crippen molar-refractivity contribution in [2.24, 2.45) is 23.2 Å². The van der Waals surface area contributed by atoms with Crippen LogP contribution in [0, 0.1) is 29.2 Å². The minimum absolute atomic E-state index is 0.110. The third-order valence-electron chi connectivity index (χ3n) is 7.83. The van der Waals surface area contributed by atoms with Gasteiger partial charge in [-0.3, -0.25) is 4.39 Å². The van der Waals surface area contributed by atoms with Gasteiger partial charge >= 0.3 is 0 Å². The zero-order chi connectivity index (χ0) is 16.7. The molecule has 1 aromatic carbocycles. The molecule has 1 nitrogen and oxygen atoms in total. The van der Waals surface area contributed by atoms with Crippen molar-refractivity contribution in [2.45, 2.75) is 64.2 Å². The van der Waals surface area contributed by atoms with Crippen LogP contribution in [0.5, 0.6) is 5.75 Å². The Morgan fingerprint density at radius 1 is 1.29 bits per heavy atom. The third-order valence-corrected chi connectivity index (χ3v) is 7.83. The van der Waals surface area contributed by atoms with Gasteiger partial charge in [-0.1, -0.05) is 13.3 Å². The van der Waals surface area contributed by atoms with E-state index in [1.807, 2.05) is 0 Å². The monoisotopic (exact) mass is 329 g/mol. The van der Waals surface area contributed by atoms with E-state index in [-0.39, 0.29) is 12.1 Å². The largest absolute Gasteiger partial charge is 0.496 e. The van der Waals surface area contributed by atoms with Crippen LogP contribution in [0.3, 0.4) is 0 Å². The standard InChI is InChI=1S/C22H30FO/c1-3-22-12-11-18-19(21(22)6-4-5-16(22)14-23)10-8-15-7-9-17(24-2)13-20(15)18/h7,13,16,18-19,21H,3-6,8,10-12,14H2,1-2H3/t16?,18-,19+,21-,22+/m0/s1. The normalized spacial score (nSPS) is 38.0. The van der Waals surface area contributed by atoms with Gasteiger partial charge in [0.05, 0.1) is 13.8 Å². The molecule has 2 heteroatoms. The van der Waals surface area contributed by atoms with E-state index in [1.165, 1.54) is 43.2 Å². The quantitative estimate of drug-likeness (QED) is 0.689. The summed E-state index contributed by atoms with van der Waals surface area (Å²) in [6, 6.07) is 7.65. The second-order valence-corrected chi connectivity index (χ2v) is 8.31. The number of rotatable bonds is 3. The SMILES string of the molecule is CC[C@]12CC[C@@H]3c4cc(OC)[c]cc4CC[C@H]3[C@@H]1CCCC2CF. The molecule has 0 amide bonds. The molecule has 3 aliphatic carbocycles. The summed E-state index contributed by atoms with van der Waals surface area (Å²) in [7, 11) is 1.73. The van der Waals surface area contributed by atoms with Crippen molar-refractivity contribution >= 4 is 0 Å². The number of alkyl halides is 1. The van der Waals surface area contributed by atoms with Gasteiger partial charge in [-0.25, -0.2) is 0 Å². The minimum atomic E-state index is -0.110. The lowest BCUT2D eigenvalue weighted by molar-refractivity contribution is -0.0734. The number of benzene rings is 1. The number of methoxy groups -OCH3 is 1. The summed E-state index contributed by atoms with van der Waals surface area (Å²) in [4.78, 5) is 0. The Kier molecular flexibility index (Phi) is 4.34. The maximum atomic E-state index is 13.8. The number of aryl methyl sites for hydroxylation is 1. The smallest absolute Gasteiger partial charge is 0.127 e. The van der Waals surface area contributed by atoms with E-state index >= 15 is 0 Å². The van der Waals surface area contributed by atoms with Gasteiger partial charge in [0.25, 0.3) is 0 Å². The first-order valence-corrected chi connectivity index (χ1v) is 9.88. The second-order valence-electron chi connectivity index (χ2n) is 8.31. The second kappa shape index (κ2) is 6.35. The Balaban J connectivity index is 1.70. The fraction of sp³-hybridized carbons (Fsp3) is 0.727. The Labute approximate surface area is 146 Å². The van der Waals surface area contributed by atoms with Crippen LogP contribution in [0.25, 0.3) is 0 Å². The van der Waals surface area contributed by atoms with E-state index in [2.05, 4.69) is 25.1 Å². The van der Waals surface area contributed by atoms with E-state index in [4.69, 9.17) is 4.74 Å². The molecule has 1 aromatic rings. The van der Waals surface area contributed by atoms with Crippen LogP contribution in [-0.2, 0) is 6.42 Å². The van der Waals surface area contributed by atoms with Crippen molar-refractivity contribution in [3.63, 3.8) is 0 Å². The van der Waals surface area contributed by atoms with Gasteiger partial charge in [-0.2, -0.15) is 0 Å². The summed E-state index contributed by atoms with van der Waals surface area (Å²) in [5.74, 6) is 3.29. The van der Waals surface area contributed by atoms with Crippen LogP contribution >= 0.6 is 0 Å². The Morgan fingerprint density at radius 3 is 2.92 bits per heavy atom. The van der Waals surface area contributed by atoms with Crippen LogP contribution < -0.4 is 4.74 Å². The number of hydrogen-bond donors (Lipinski definition) is 0. The predicted octanol–water partition coefficient (Wildman–Crippen LogP) is 5.72. The molecule has 2 fully saturated rings. The summed E-state index contributed by atoms with van der Waals surface area (Å²) >= 11 is 0. The Hall–Kier alpha value is -1.05. The summed E-state index contributed by atoms with van der Waals surface area (Å²) in [6.45, 7) is 2.21. The van der Waals surface area contributed by atoms with Gasteiger partial charge in [0.1, 0.15) is 5.75 Å². The molecule has 131 valence electrons. The molecule has 0 N–H and O–H groups in total. The molecule has 5 atom stereocenters. The molecule has 3 aliphatic rings. The lowest BCUT2D eigenvalue weighted by Gasteiger charge is -2.58. The van der Waals surface area contributed by atoms with E-state index in [0.29, 0.717) is 11.8 Å². The molecule has 1 radical (unpaired) electrons. The number of ether oxygens (including phenoxy) is 1. The number of halogens is 1. The fourth-order valence-corrected chi connectivity index (χ4v) is 6.68. The molecule has 0 aliphatic heterocycles. The summed E-state index contributed by atoms with van der Waals surface area (Å²) in [5.41, 5.74) is 3.25. The lowest BCUT2D eigenvalue weighted by Crippen LogP contribution is -2.50. The molecule has 0 saturated heterocycles. The predicted molar refractivity (Wildman–Crippen MR) is 95.1 cm³/mol. The van der Waals surface area contributed by atoms with Gasteiger partial charge in [0.2, 0.25) is 0 Å². The van der Waals surface area contributed by atoms with Crippen molar-refractivity contribution in [1.29, 1.82) is 0 Å². The van der Waals surface area contributed by atoms with Gasteiger partial charge in [0.15, 0.2) is 0 Å². The summed E-state index contributed by atoms with van der Waals surface area (Å²) in [5, 5.41) is 0. The van der Waals surface area contributed by atoms with Crippen molar-refractivity contribution in [1.82, 2.24) is 0 Å². The van der Waals surface area contributed by atoms with E-state index < -0.39 is 0 Å². The zero-order valence-electron chi connectivity index (χ0n) is 15.1. The highest BCUT2D eigenvalue weighted by molar-refractivity contribution is 5.40. The molecule has 0 bridgehead atoms. The Morgan fingerprint density at radius 2 is 2.17 bits per heavy atom. The first-order chi connectivity index (χ1) is 11.7. The molecule has 0 heterocycles. The lowest BCUT2D eigenvalue weighted by atomic mass is 9.46. The van der Waals surface area contributed by atoms with Crippen molar-refractivity contribution in [3.8, 4) is 5.75 Å². The van der Waals surface area contributed by atoms with Gasteiger partial charge in [-0.15, -0.1) is 0 Å². The summed E-state index contributed by atoms with van der Waals surface area (Å²) < 4.78 is 19.3. The summed E-state index contributed by atoms with van der Waals surface area (Å²) in [6.07, 6.45) is 9.69. The van der Waals surface area contributed by atoms with Crippen LogP contribution in [0.1, 0.15) is 68.9 Å². The third kappa shape index (κ3) is 2.32. The minimum Gasteiger partial charge on any atom is -0.496 e. The first-order valence-electron chi connectivity index (χ1n) is 9.88. The average molecular weight is 329 g/mol. The molecule has 4 rings (SSSR count). The highest BCUT2D eigenvalue weighted by Crippen LogP contribution is 2.62. The number of fused-ring (bicyclic) bond motifs is 5. The van der Waals surface area contributed by atoms with Crippen LogP contribution in [0.2, 0.25) is 0 Å². The van der Waals surface area contributed by atoms with Crippen LogP contribution in [-0.4, -0.2) is 13.8 Å². The van der Waals surface area contributed by atoms with Gasteiger partial charge in [0, 0.05) is 6.07 Å². The molecular formula is C22H30FO. The number of hydrogen-bond acceptors (Lipinski definition) is 1.